The quantitative estimate of drug-likeness (QED) is 0.917. The van der Waals surface area contributed by atoms with E-state index in [0.29, 0.717) is 5.56 Å². The van der Waals surface area contributed by atoms with E-state index in [1.54, 1.807) is 0 Å². The Labute approximate surface area is 124 Å². The molecular weight excluding hydrogens is 272 g/mol. The number of hydrogen-bond donors (Lipinski definition) is 1. The number of halogens is 2. The van der Waals surface area contributed by atoms with Crippen molar-refractivity contribution < 1.29 is 13.9 Å². The lowest BCUT2D eigenvalue weighted by Crippen LogP contribution is -2.53. The monoisotopic (exact) mass is 295 g/mol. The van der Waals surface area contributed by atoms with Crippen molar-refractivity contribution in [1.82, 2.24) is 4.90 Å². The Kier molecular flexibility index (Phi) is 4.27. The molecule has 1 N–H and O–H groups in total. The van der Waals surface area contributed by atoms with E-state index in [9.17, 15) is 13.9 Å². The molecule has 0 amide bonds. The van der Waals surface area contributed by atoms with Gasteiger partial charge < -0.3 is 5.11 Å². The highest BCUT2D eigenvalue weighted by molar-refractivity contribution is 5.24. The zero-order valence-electron chi connectivity index (χ0n) is 12.3. The minimum Gasteiger partial charge on any atom is -0.386 e. The average Bonchev–Trinajstić information content (AvgIpc) is 3.01. The van der Waals surface area contributed by atoms with Gasteiger partial charge in [0.05, 0.1) is 11.6 Å². The number of nitrogens with zero attached hydrogens (tertiary/aromatic N) is 1. The van der Waals surface area contributed by atoms with Crippen LogP contribution in [0, 0.1) is 11.6 Å². The van der Waals surface area contributed by atoms with Crippen molar-refractivity contribution in [3.63, 3.8) is 0 Å². The van der Waals surface area contributed by atoms with Gasteiger partial charge in [-0.1, -0.05) is 25.3 Å². The first-order valence-electron chi connectivity index (χ1n) is 8.01. The van der Waals surface area contributed by atoms with E-state index < -0.39 is 17.7 Å². The van der Waals surface area contributed by atoms with E-state index in [0.717, 1.165) is 63.7 Å². The van der Waals surface area contributed by atoms with Crippen LogP contribution in [0.3, 0.4) is 0 Å². The van der Waals surface area contributed by atoms with E-state index in [2.05, 4.69) is 4.90 Å². The normalized spacial score (nSPS) is 24.1. The average molecular weight is 295 g/mol. The Bertz CT molecular complexity index is 494. The van der Waals surface area contributed by atoms with Crippen molar-refractivity contribution in [1.29, 1.82) is 0 Å². The van der Waals surface area contributed by atoms with Gasteiger partial charge in [-0.15, -0.1) is 0 Å². The molecule has 1 aromatic rings. The molecule has 3 rings (SSSR count). The molecule has 1 aromatic carbocycles. The molecule has 0 bridgehead atoms. The van der Waals surface area contributed by atoms with Crippen LogP contribution >= 0.6 is 0 Å². The number of piperidine rings is 1. The highest BCUT2D eigenvalue weighted by Crippen LogP contribution is 2.45. The van der Waals surface area contributed by atoms with E-state index in [4.69, 9.17) is 0 Å². The molecule has 1 aliphatic carbocycles. The minimum atomic E-state index is -0.877. The molecule has 1 saturated heterocycles. The van der Waals surface area contributed by atoms with Crippen LogP contribution in [0.15, 0.2) is 18.2 Å². The number of rotatable bonds is 3. The number of aliphatic hydroxyl groups excluding tert-OH is 1. The summed E-state index contributed by atoms with van der Waals surface area (Å²) in [5.74, 6) is -1.73. The second-order valence-electron chi connectivity index (χ2n) is 6.43. The lowest BCUT2D eigenvalue weighted by Gasteiger charge is -2.46. The second-order valence-corrected chi connectivity index (χ2v) is 6.43. The summed E-state index contributed by atoms with van der Waals surface area (Å²) >= 11 is 0. The lowest BCUT2D eigenvalue weighted by atomic mass is 9.83. The third-order valence-corrected chi connectivity index (χ3v) is 5.22. The van der Waals surface area contributed by atoms with Gasteiger partial charge >= 0.3 is 0 Å². The maximum absolute atomic E-state index is 13.5. The summed E-state index contributed by atoms with van der Waals surface area (Å²) in [6.45, 7) is 2.00. The molecule has 4 heteroatoms. The van der Waals surface area contributed by atoms with Crippen LogP contribution in [0.2, 0.25) is 0 Å². The maximum atomic E-state index is 13.5. The molecule has 116 valence electrons. The van der Waals surface area contributed by atoms with E-state index in [1.165, 1.54) is 12.5 Å². The second kappa shape index (κ2) is 6.01. The first-order chi connectivity index (χ1) is 10.1. The molecule has 2 aliphatic rings. The fourth-order valence-electron chi connectivity index (χ4n) is 4.08. The van der Waals surface area contributed by atoms with Gasteiger partial charge in [-0.25, -0.2) is 8.78 Å². The molecular formula is C17H23F2NO. The molecule has 1 saturated carbocycles. The van der Waals surface area contributed by atoms with Gasteiger partial charge in [0, 0.05) is 0 Å². The Morgan fingerprint density at radius 3 is 2.24 bits per heavy atom. The van der Waals surface area contributed by atoms with Crippen molar-refractivity contribution in [2.24, 2.45) is 0 Å². The van der Waals surface area contributed by atoms with Gasteiger partial charge in [0.15, 0.2) is 11.6 Å². The zero-order chi connectivity index (χ0) is 14.9. The Balaban J connectivity index is 1.90. The van der Waals surface area contributed by atoms with Crippen LogP contribution in [0.5, 0.6) is 0 Å². The van der Waals surface area contributed by atoms with Gasteiger partial charge in [0.2, 0.25) is 0 Å². The fraction of sp³-hybridized carbons (Fsp3) is 0.647. The molecule has 2 nitrogen and oxygen atoms in total. The topological polar surface area (TPSA) is 23.5 Å². The third kappa shape index (κ3) is 2.71. The molecule has 0 aromatic heterocycles. The number of aliphatic hydroxyl groups is 1. The summed E-state index contributed by atoms with van der Waals surface area (Å²) < 4.78 is 26.6. The summed E-state index contributed by atoms with van der Waals surface area (Å²) in [4.78, 5) is 2.40. The summed E-state index contributed by atoms with van der Waals surface area (Å²) in [6, 6.07) is 3.80. The van der Waals surface area contributed by atoms with Crippen molar-refractivity contribution in [3.05, 3.63) is 35.4 Å². The Morgan fingerprint density at radius 1 is 0.952 bits per heavy atom. The lowest BCUT2D eigenvalue weighted by molar-refractivity contribution is -0.0406. The highest BCUT2D eigenvalue weighted by Gasteiger charge is 2.46. The van der Waals surface area contributed by atoms with Crippen LogP contribution in [0.4, 0.5) is 8.78 Å². The van der Waals surface area contributed by atoms with Gasteiger partial charge in [-0.05, 0) is 56.5 Å². The van der Waals surface area contributed by atoms with Crippen molar-refractivity contribution in [3.8, 4) is 0 Å². The molecule has 1 aliphatic heterocycles. The van der Waals surface area contributed by atoms with Gasteiger partial charge in [-0.3, -0.25) is 4.90 Å². The predicted octanol–water partition coefficient (Wildman–Crippen LogP) is 3.80. The highest BCUT2D eigenvalue weighted by atomic mass is 19.2. The molecule has 0 radical (unpaired) electrons. The molecule has 1 heterocycles. The largest absolute Gasteiger partial charge is 0.386 e. The van der Waals surface area contributed by atoms with Crippen LogP contribution in [0.1, 0.15) is 56.6 Å². The summed E-state index contributed by atoms with van der Waals surface area (Å²) in [5, 5.41) is 10.9. The van der Waals surface area contributed by atoms with Crippen molar-refractivity contribution in [2.45, 2.75) is 56.6 Å². The van der Waals surface area contributed by atoms with E-state index >= 15 is 0 Å². The first kappa shape index (κ1) is 14.9. The van der Waals surface area contributed by atoms with Gasteiger partial charge in [0.1, 0.15) is 0 Å². The predicted molar refractivity (Wildman–Crippen MR) is 77.9 cm³/mol. The van der Waals surface area contributed by atoms with Crippen LogP contribution in [0.25, 0.3) is 0 Å². The molecule has 2 fully saturated rings. The summed E-state index contributed by atoms with van der Waals surface area (Å²) in [6.07, 6.45) is 6.88. The van der Waals surface area contributed by atoms with Crippen LogP contribution in [-0.4, -0.2) is 28.6 Å². The van der Waals surface area contributed by atoms with E-state index in [1.807, 2.05) is 0 Å². The smallest absolute Gasteiger partial charge is 0.159 e. The standard InChI is InChI=1S/C17H23F2NO/c18-14-7-6-13(12-15(14)19)16(21)17(8-2-3-9-17)20-10-4-1-5-11-20/h6-7,12,16,21H,1-5,8-11H2. The molecule has 0 spiro atoms. The zero-order valence-corrected chi connectivity index (χ0v) is 12.3. The van der Waals surface area contributed by atoms with E-state index in [-0.39, 0.29) is 5.54 Å². The molecule has 21 heavy (non-hydrogen) atoms. The Morgan fingerprint density at radius 2 is 1.62 bits per heavy atom. The van der Waals surface area contributed by atoms with Crippen molar-refractivity contribution in [2.75, 3.05) is 13.1 Å². The maximum Gasteiger partial charge on any atom is 0.159 e. The van der Waals surface area contributed by atoms with Crippen molar-refractivity contribution >= 4 is 0 Å². The third-order valence-electron chi connectivity index (χ3n) is 5.22. The first-order valence-corrected chi connectivity index (χ1v) is 8.01. The van der Waals surface area contributed by atoms with Crippen LogP contribution < -0.4 is 0 Å². The molecule has 1 atom stereocenters. The number of benzene rings is 1. The Hall–Kier alpha value is -1.00. The summed E-state index contributed by atoms with van der Waals surface area (Å²) in [5.41, 5.74) is 0.214. The van der Waals surface area contributed by atoms with Crippen LogP contribution in [-0.2, 0) is 0 Å². The minimum absolute atomic E-state index is 0.287. The SMILES string of the molecule is OC(c1ccc(F)c(F)c1)C1(N2CCCCC2)CCCC1. The van der Waals surface area contributed by atoms with Gasteiger partial charge in [-0.2, -0.15) is 0 Å². The summed E-state index contributed by atoms with van der Waals surface area (Å²) in [7, 11) is 0. The van der Waals surface area contributed by atoms with Gasteiger partial charge in [0.25, 0.3) is 0 Å². The number of hydrogen-bond acceptors (Lipinski definition) is 2. The molecule has 1 unspecified atom stereocenters. The fourth-order valence-corrected chi connectivity index (χ4v) is 4.08. The number of likely N-dealkylation sites (tertiary alicyclic amines) is 1.